The number of benzene rings is 2. The number of nitrogens with zero attached hydrogens (tertiary/aromatic N) is 1. The number of amides is 1. The highest BCUT2D eigenvalue weighted by Crippen LogP contribution is 2.37. The fourth-order valence-corrected chi connectivity index (χ4v) is 2.19. The van der Waals surface area contributed by atoms with Crippen LogP contribution in [0.1, 0.15) is 29.3 Å². The molecule has 0 atom stereocenters. The summed E-state index contributed by atoms with van der Waals surface area (Å²) in [6, 6.07) is 8.57. The molecule has 26 heavy (non-hydrogen) atoms. The standard InChI is InChI=1S/C17H15F3N2O4/c1-2-9-26-15-6-4-3-5-12(15)16(23)21-11-7-8-14(22(24)25)13(10-11)17(18,19)20/h3-8,10H,2,9H2,1H3,(H,21,23). The molecule has 2 aromatic carbocycles. The quantitative estimate of drug-likeness (QED) is 0.594. The lowest BCUT2D eigenvalue weighted by Gasteiger charge is -2.13. The number of halogens is 3. The number of hydrogen-bond acceptors (Lipinski definition) is 4. The van der Waals surface area contributed by atoms with Crippen molar-refractivity contribution in [2.45, 2.75) is 19.5 Å². The predicted octanol–water partition coefficient (Wildman–Crippen LogP) is 4.65. The van der Waals surface area contributed by atoms with Crippen LogP contribution in [0.25, 0.3) is 0 Å². The van der Waals surface area contributed by atoms with Gasteiger partial charge in [0, 0.05) is 11.8 Å². The van der Waals surface area contributed by atoms with Crippen LogP contribution in [0.4, 0.5) is 24.5 Å². The van der Waals surface area contributed by atoms with Gasteiger partial charge in [0.25, 0.3) is 11.6 Å². The minimum atomic E-state index is -4.93. The van der Waals surface area contributed by atoms with Crippen LogP contribution in [0.2, 0.25) is 0 Å². The fourth-order valence-electron chi connectivity index (χ4n) is 2.19. The number of carbonyl (C=O) groups is 1. The Morgan fingerprint density at radius 1 is 1.23 bits per heavy atom. The van der Waals surface area contributed by atoms with Crippen LogP contribution < -0.4 is 10.1 Å². The molecule has 0 aromatic heterocycles. The lowest BCUT2D eigenvalue weighted by Crippen LogP contribution is -2.15. The van der Waals surface area contributed by atoms with Gasteiger partial charge in [-0.3, -0.25) is 14.9 Å². The summed E-state index contributed by atoms with van der Waals surface area (Å²) in [5, 5.41) is 13.1. The summed E-state index contributed by atoms with van der Waals surface area (Å²) in [4.78, 5) is 22.0. The Morgan fingerprint density at radius 3 is 2.54 bits per heavy atom. The van der Waals surface area contributed by atoms with E-state index in [1.165, 1.54) is 6.07 Å². The normalized spacial score (nSPS) is 11.1. The smallest absolute Gasteiger partial charge is 0.423 e. The molecule has 138 valence electrons. The molecule has 1 N–H and O–H groups in total. The molecule has 0 bridgehead atoms. The van der Waals surface area contributed by atoms with E-state index in [9.17, 15) is 28.1 Å². The Bertz CT molecular complexity index is 822. The second kappa shape index (κ2) is 7.85. The number of nitro groups is 1. The first-order valence-electron chi connectivity index (χ1n) is 7.63. The topological polar surface area (TPSA) is 81.5 Å². The van der Waals surface area contributed by atoms with Gasteiger partial charge in [0.2, 0.25) is 0 Å². The van der Waals surface area contributed by atoms with E-state index in [-0.39, 0.29) is 11.3 Å². The lowest BCUT2D eigenvalue weighted by molar-refractivity contribution is -0.388. The first-order chi connectivity index (χ1) is 12.2. The summed E-state index contributed by atoms with van der Waals surface area (Å²) in [5.41, 5.74) is -2.58. The largest absolute Gasteiger partial charge is 0.493 e. The molecular formula is C17H15F3N2O4. The maximum atomic E-state index is 13.0. The molecule has 2 rings (SSSR count). The fraction of sp³-hybridized carbons (Fsp3) is 0.235. The molecule has 0 heterocycles. The summed E-state index contributed by atoms with van der Waals surface area (Å²) >= 11 is 0. The van der Waals surface area contributed by atoms with E-state index >= 15 is 0 Å². The monoisotopic (exact) mass is 368 g/mol. The third kappa shape index (κ3) is 4.50. The molecule has 0 aliphatic rings. The van der Waals surface area contributed by atoms with E-state index in [0.717, 1.165) is 6.07 Å². The molecular weight excluding hydrogens is 353 g/mol. The van der Waals surface area contributed by atoms with Gasteiger partial charge in [0.05, 0.1) is 17.1 Å². The van der Waals surface area contributed by atoms with Crippen LogP contribution in [0.3, 0.4) is 0 Å². The van der Waals surface area contributed by atoms with Gasteiger partial charge in [-0.2, -0.15) is 13.2 Å². The van der Waals surface area contributed by atoms with Crippen molar-refractivity contribution in [3.8, 4) is 5.75 Å². The van der Waals surface area contributed by atoms with Crippen molar-refractivity contribution in [1.82, 2.24) is 0 Å². The molecule has 0 aliphatic carbocycles. The van der Waals surface area contributed by atoms with Crippen molar-refractivity contribution in [3.63, 3.8) is 0 Å². The summed E-state index contributed by atoms with van der Waals surface area (Å²) in [7, 11) is 0. The van der Waals surface area contributed by atoms with Crippen LogP contribution in [-0.4, -0.2) is 17.4 Å². The number of hydrogen-bond donors (Lipinski definition) is 1. The summed E-state index contributed by atoms with van der Waals surface area (Å²) in [6.07, 6.45) is -4.21. The maximum Gasteiger partial charge on any atom is 0.423 e. The van der Waals surface area contributed by atoms with E-state index in [1.54, 1.807) is 18.2 Å². The van der Waals surface area contributed by atoms with E-state index in [0.29, 0.717) is 30.9 Å². The number of anilines is 1. The highest BCUT2D eigenvalue weighted by molar-refractivity contribution is 6.06. The highest BCUT2D eigenvalue weighted by Gasteiger charge is 2.38. The summed E-state index contributed by atoms with van der Waals surface area (Å²) in [5.74, 6) is -0.386. The number of para-hydroxylation sites is 1. The van der Waals surface area contributed by atoms with E-state index in [2.05, 4.69) is 5.32 Å². The highest BCUT2D eigenvalue weighted by atomic mass is 19.4. The number of nitro benzene ring substituents is 1. The number of nitrogens with one attached hydrogen (secondary N) is 1. The number of alkyl halides is 3. The molecule has 0 radical (unpaired) electrons. The van der Waals surface area contributed by atoms with Crippen molar-refractivity contribution in [3.05, 3.63) is 63.7 Å². The lowest BCUT2D eigenvalue weighted by atomic mass is 10.1. The Hall–Kier alpha value is -3.10. The third-order valence-electron chi connectivity index (χ3n) is 3.35. The molecule has 0 spiro atoms. The Kier molecular flexibility index (Phi) is 5.81. The van der Waals surface area contributed by atoms with Crippen molar-refractivity contribution in [1.29, 1.82) is 0 Å². The van der Waals surface area contributed by atoms with Gasteiger partial charge in [-0.25, -0.2) is 0 Å². The van der Waals surface area contributed by atoms with Gasteiger partial charge >= 0.3 is 6.18 Å². The van der Waals surface area contributed by atoms with Gasteiger partial charge in [-0.1, -0.05) is 19.1 Å². The molecule has 0 fully saturated rings. The molecule has 6 nitrogen and oxygen atoms in total. The average Bonchev–Trinajstić information content (AvgIpc) is 2.59. The third-order valence-corrected chi connectivity index (χ3v) is 3.35. The first kappa shape index (κ1) is 19.2. The molecule has 0 saturated carbocycles. The molecule has 1 amide bonds. The summed E-state index contributed by atoms with van der Waals surface area (Å²) < 4.78 is 44.5. The zero-order valence-corrected chi connectivity index (χ0v) is 13.7. The van der Waals surface area contributed by atoms with Crippen LogP contribution in [0.15, 0.2) is 42.5 Å². The average molecular weight is 368 g/mol. The van der Waals surface area contributed by atoms with Crippen molar-refractivity contribution in [2.75, 3.05) is 11.9 Å². The minimum absolute atomic E-state index is 0.146. The van der Waals surface area contributed by atoms with Crippen LogP contribution in [0, 0.1) is 10.1 Å². The molecule has 2 aromatic rings. The van der Waals surface area contributed by atoms with E-state index in [4.69, 9.17) is 4.74 Å². The Labute approximate surface area is 146 Å². The zero-order valence-electron chi connectivity index (χ0n) is 13.7. The Morgan fingerprint density at radius 2 is 1.92 bits per heavy atom. The molecule has 0 saturated heterocycles. The van der Waals surface area contributed by atoms with E-state index in [1.807, 2.05) is 6.92 Å². The number of ether oxygens (including phenoxy) is 1. The van der Waals surface area contributed by atoms with Gasteiger partial charge < -0.3 is 10.1 Å². The Balaban J connectivity index is 2.32. The number of rotatable bonds is 6. The van der Waals surface area contributed by atoms with Crippen LogP contribution in [-0.2, 0) is 6.18 Å². The second-order valence-corrected chi connectivity index (χ2v) is 5.29. The zero-order chi connectivity index (χ0) is 19.3. The van der Waals surface area contributed by atoms with Crippen molar-refractivity contribution >= 4 is 17.3 Å². The second-order valence-electron chi connectivity index (χ2n) is 5.29. The van der Waals surface area contributed by atoms with Gasteiger partial charge in [-0.15, -0.1) is 0 Å². The van der Waals surface area contributed by atoms with Crippen molar-refractivity contribution < 1.29 is 27.6 Å². The molecule has 9 heteroatoms. The molecule has 0 aliphatic heterocycles. The molecule has 0 unspecified atom stereocenters. The van der Waals surface area contributed by atoms with E-state index < -0.39 is 28.3 Å². The number of carbonyl (C=O) groups excluding carboxylic acids is 1. The van der Waals surface area contributed by atoms with Crippen LogP contribution in [0.5, 0.6) is 5.75 Å². The van der Waals surface area contributed by atoms with Gasteiger partial charge in [0.1, 0.15) is 11.3 Å². The van der Waals surface area contributed by atoms with Crippen LogP contribution >= 0.6 is 0 Å². The first-order valence-corrected chi connectivity index (χ1v) is 7.63. The maximum absolute atomic E-state index is 13.0. The van der Waals surface area contributed by atoms with Gasteiger partial charge in [0.15, 0.2) is 0 Å². The van der Waals surface area contributed by atoms with Crippen molar-refractivity contribution in [2.24, 2.45) is 0 Å². The van der Waals surface area contributed by atoms with Gasteiger partial charge in [-0.05, 0) is 30.7 Å². The summed E-state index contributed by atoms with van der Waals surface area (Å²) in [6.45, 7) is 2.26. The minimum Gasteiger partial charge on any atom is -0.493 e. The predicted molar refractivity (Wildman–Crippen MR) is 88.3 cm³/mol. The SMILES string of the molecule is CCCOc1ccccc1C(=O)Nc1ccc([N+](=O)[O-])c(C(F)(F)F)c1.